The van der Waals surface area contributed by atoms with Gasteiger partial charge in [0.15, 0.2) is 6.10 Å². The van der Waals surface area contributed by atoms with Crippen LogP contribution in [0.15, 0.2) is 48.6 Å². The molecule has 0 saturated carbocycles. The van der Waals surface area contributed by atoms with Gasteiger partial charge in [-0.25, -0.2) is 4.57 Å². The molecule has 0 aromatic carbocycles. The Labute approximate surface area is 323 Å². The Bertz CT molecular complexity index is 1070. The van der Waals surface area contributed by atoms with Crippen LogP contribution in [0.3, 0.4) is 0 Å². The van der Waals surface area contributed by atoms with Crippen molar-refractivity contribution in [2.45, 2.75) is 161 Å². The van der Waals surface area contributed by atoms with E-state index in [0.717, 1.165) is 57.8 Å². The molecular weight excluding hydrogens is 693 g/mol. The predicted molar refractivity (Wildman–Crippen MR) is 216 cm³/mol. The summed E-state index contributed by atoms with van der Waals surface area (Å²) >= 11 is 0. The number of nitrogens with zero attached hydrogens (tertiary/aromatic N) is 1. The normalized spacial score (nSPS) is 14.8. The summed E-state index contributed by atoms with van der Waals surface area (Å²) in [6.45, 7) is 4.16. The summed E-state index contributed by atoms with van der Waals surface area (Å²) in [5, 5.41) is 9.81. The number of quaternary nitrogens is 1. The molecule has 10 nitrogen and oxygen atoms in total. The number of rotatable bonds is 36. The highest BCUT2D eigenvalue weighted by molar-refractivity contribution is 7.47. The van der Waals surface area contributed by atoms with Crippen LogP contribution in [0.4, 0.5) is 0 Å². The number of carbonyl (C=O) groups is 2. The first-order chi connectivity index (χ1) is 25.4. The van der Waals surface area contributed by atoms with Gasteiger partial charge in [0.05, 0.1) is 33.9 Å². The van der Waals surface area contributed by atoms with Crippen LogP contribution in [0.1, 0.15) is 149 Å². The molecular formula is C42H77NO9P+. The molecule has 0 radical (unpaired) electrons. The van der Waals surface area contributed by atoms with Crippen LogP contribution in [0.2, 0.25) is 0 Å². The summed E-state index contributed by atoms with van der Waals surface area (Å²) in [7, 11) is 1.41. The fourth-order valence-electron chi connectivity index (χ4n) is 5.14. The second-order valence-corrected chi connectivity index (χ2v) is 16.3. The van der Waals surface area contributed by atoms with Crippen molar-refractivity contribution in [3.8, 4) is 0 Å². The Balaban J connectivity index is 4.54. The summed E-state index contributed by atoms with van der Waals surface area (Å²) < 4.78 is 34.1. The van der Waals surface area contributed by atoms with Crippen molar-refractivity contribution in [3.63, 3.8) is 0 Å². The Morgan fingerprint density at radius 2 is 1.19 bits per heavy atom. The molecule has 3 atom stereocenters. The van der Waals surface area contributed by atoms with Crippen molar-refractivity contribution in [2.24, 2.45) is 0 Å². The van der Waals surface area contributed by atoms with Gasteiger partial charge in [-0.1, -0.05) is 140 Å². The summed E-state index contributed by atoms with van der Waals surface area (Å²) in [4.78, 5) is 35.2. The van der Waals surface area contributed by atoms with Crippen LogP contribution in [0.25, 0.3) is 0 Å². The van der Waals surface area contributed by atoms with E-state index in [-0.39, 0.29) is 32.2 Å². The second-order valence-electron chi connectivity index (χ2n) is 14.8. The number of esters is 2. The van der Waals surface area contributed by atoms with E-state index in [4.69, 9.17) is 18.5 Å². The van der Waals surface area contributed by atoms with Gasteiger partial charge in [-0.15, -0.1) is 0 Å². The summed E-state index contributed by atoms with van der Waals surface area (Å²) in [5.41, 5.74) is 0. The predicted octanol–water partition coefficient (Wildman–Crippen LogP) is 10.1. The number of phosphoric ester groups is 1. The molecule has 0 aromatic heterocycles. The number of hydrogen-bond acceptors (Lipinski definition) is 8. The van der Waals surface area contributed by atoms with E-state index in [0.29, 0.717) is 23.9 Å². The van der Waals surface area contributed by atoms with Gasteiger partial charge in [0, 0.05) is 12.8 Å². The van der Waals surface area contributed by atoms with Crippen LogP contribution < -0.4 is 0 Å². The molecule has 0 amide bonds. The van der Waals surface area contributed by atoms with Crippen LogP contribution in [-0.4, -0.2) is 86.1 Å². The van der Waals surface area contributed by atoms with Crippen molar-refractivity contribution >= 4 is 19.8 Å². The quantitative estimate of drug-likeness (QED) is 0.0210. The van der Waals surface area contributed by atoms with Crippen molar-refractivity contribution in [3.05, 3.63) is 48.6 Å². The number of carbonyl (C=O) groups excluding carboxylic acids is 2. The zero-order chi connectivity index (χ0) is 39.5. The Kier molecular flexibility index (Phi) is 33.1. The zero-order valence-electron chi connectivity index (χ0n) is 34.1. The first kappa shape index (κ1) is 50.9. The summed E-state index contributed by atoms with van der Waals surface area (Å²) in [6.07, 6.45) is 35.0. The van der Waals surface area contributed by atoms with E-state index in [1.54, 1.807) is 0 Å². The Morgan fingerprint density at radius 3 is 1.77 bits per heavy atom. The van der Waals surface area contributed by atoms with E-state index in [1.165, 1.54) is 51.4 Å². The first-order valence-corrected chi connectivity index (χ1v) is 21.9. The number of hydrogen-bond donors (Lipinski definition) is 2. The lowest BCUT2D eigenvalue weighted by atomic mass is 10.1. The van der Waals surface area contributed by atoms with Crippen LogP contribution >= 0.6 is 7.82 Å². The molecule has 0 fully saturated rings. The highest BCUT2D eigenvalue weighted by Gasteiger charge is 2.27. The Hall–Kier alpha value is -2.07. The standard InChI is InChI=1S/C42H76NO9P/c1-6-8-10-11-12-13-16-20-23-26-29-33-41(45)49-37-40(38-51-53(47,48)50-36-35-43(3,4)5)52-42(46)34-30-27-24-21-18-15-14-17-19-22-25-28-32-39(44)31-9-7-2/h14-15,19,21-22,24,28,32,39-40,44H,6-13,16-18,20,23,25-27,29-31,33-38H2,1-5H3/p+1/b15-14-,22-19-,24-21-,32-28-/t39-,40-/m1/s1. The number of ether oxygens (including phenoxy) is 2. The van der Waals surface area contributed by atoms with Gasteiger partial charge in [-0.2, -0.15) is 0 Å². The minimum absolute atomic E-state index is 0.0135. The molecule has 0 aliphatic heterocycles. The summed E-state index contributed by atoms with van der Waals surface area (Å²) in [5.74, 6) is -0.890. The number of aliphatic hydroxyl groups excluding tert-OH is 1. The smallest absolute Gasteiger partial charge is 0.462 e. The minimum Gasteiger partial charge on any atom is -0.462 e. The minimum atomic E-state index is -4.39. The van der Waals surface area contributed by atoms with E-state index in [9.17, 15) is 24.2 Å². The number of allylic oxidation sites excluding steroid dienone is 7. The lowest BCUT2D eigenvalue weighted by Gasteiger charge is -2.24. The monoisotopic (exact) mass is 771 g/mol. The van der Waals surface area contributed by atoms with Gasteiger partial charge in [0.1, 0.15) is 19.8 Å². The largest absolute Gasteiger partial charge is 0.472 e. The third kappa shape index (κ3) is 38.0. The molecule has 0 spiro atoms. The van der Waals surface area contributed by atoms with Crippen molar-refractivity contribution < 1.29 is 47.2 Å². The lowest BCUT2D eigenvalue weighted by Crippen LogP contribution is -2.37. The second kappa shape index (κ2) is 34.4. The van der Waals surface area contributed by atoms with Crippen molar-refractivity contribution in [2.75, 3.05) is 47.5 Å². The van der Waals surface area contributed by atoms with E-state index in [1.807, 2.05) is 39.4 Å². The van der Waals surface area contributed by atoms with E-state index < -0.39 is 32.5 Å². The fraction of sp³-hybridized carbons (Fsp3) is 0.762. The molecule has 0 heterocycles. The van der Waals surface area contributed by atoms with Crippen LogP contribution in [0.5, 0.6) is 0 Å². The molecule has 53 heavy (non-hydrogen) atoms. The van der Waals surface area contributed by atoms with Crippen molar-refractivity contribution in [1.29, 1.82) is 0 Å². The number of unbranched alkanes of at least 4 members (excludes halogenated alkanes) is 12. The molecule has 308 valence electrons. The van der Waals surface area contributed by atoms with Gasteiger partial charge in [0.2, 0.25) is 0 Å². The van der Waals surface area contributed by atoms with Crippen molar-refractivity contribution in [1.82, 2.24) is 0 Å². The molecule has 11 heteroatoms. The topological polar surface area (TPSA) is 129 Å². The summed E-state index contributed by atoms with van der Waals surface area (Å²) in [6, 6.07) is 0. The number of likely N-dealkylation sites (N-methyl/N-ethyl adjacent to an activating group) is 1. The average molecular weight is 771 g/mol. The van der Waals surface area contributed by atoms with Gasteiger partial charge in [-0.05, 0) is 44.9 Å². The maximum absolute atomic E-state index is 12.6. The maximum atomic E-state index is 12.6. The third-order valence-corrected chi connectivity index (χ3v) is 9.42. The molecule has 0 bridgehead atoms. The average Bonchev–Trinajstić information content (AvgIpc) is 3.10. The molecule has 0 aliphatic rings. The SMILES string of the molecule is CCCCCCCCCCCCCC(=O)OC[C@H](COP(=O)(O)OCC[N+](C)(C)C)OC(=O)CCC/C=C\C/C=C\C/C=C\C/C=C\[C@H](O)CCCC. The molecule has 0 rings (SSSR count). The van der Waals surface area contributed by atoms with E-state index in [2.05, 4.69) is 44.2 Å². The fourth-order valence-corrected chi connectivity index (χ4v) is 5.88. The molecule has 2 N–H and O–H groups in total. The number of aliphatic hydroxyl groups is 1. The van der Waals surface area contributed by atoms with Gasteiger partial charge >= 0.3 is 19.8 Å². The zero-order valence-corrected chi connectivity index (χ0v) is 35.0. The van der Waals surface area contributed by atoms with Crippen LogP contribution in [0, 0.1) is 0 Å². The number of phosphoric acid groups is 1. The molecule has 1 unspecified atom stereocenters. The third-order valence-electron chi connectivity index (χ3n) is 8.43. The molecule has 0 aliphatic carbocycles. The first-order valence-electron chi connectivity index (χ1n) is 20.5. The molecule has 0 aromatic rings. The van der Waals surface area contributed by atoms with Crippen LogP contribution in [-0.2, 0) is 32.7 Å². The molecule has 0 saturated heterocycles. The maximum Gasteiger partial charge on any atom is 0.472 e. The van der Waals surface area contributed by atoms with Gasteiger partial charge < -0.3 is 24.0 Å². The highest BCUT2D eigenvalue weighted by Crippen LogP contribution is 2.43. The van der Waals surface area contributed by atoms with Gasteiger partial charge in [-0.3, -0.25) is 18.6 Å². The lowest BCUT2D eigenvalue weighted by molar-refractivity contribution is -0.870. The van der Waals surface area contributed by atoms with E-state index >= 15 is 0 Å². The van der Waals surface area contributed by atoms with Gasteiger partial charge in [0.25, 0.3) is 0 Å². The Morgan fingerprint density at radius 1 is 0.660 bits per heavy atom. The highest BCUT2D eigenvalue weighted by atomic mass is 31.2.